The van der Waals surface area contributed by atoms with Crippen LogP contribution in [0.4, 0.5) is 0 Å². The molecule has 4 heteroatoms. The molecule has 3 unspecified atom stereocenters. The van der Waals surface area contributed by atoms with Crippen molar-refractivity contribution in [3.8, 4) is 0 Å². The maximum absolute atomic E-state index is 10.4. The fourth-order valence-corrected chi connectivity index (χ4v) is 3.64. The lowest BCUT2D eigenvalue weighted by atomic mass is 10.0. The lowest BCUT2D eigenvalue weighted by molar-refractivity contribution is 0.0465. The Morgan fingerprint density at radius 1 is 1.19 bits per heavy atom. The van der Waals surface area contributed by atoms with Gasteiger partial charge in [-0.25, -0.2) is 0 Å². The number of β-amino-alcohol motifs (C(OH)–C–C–N with tert-alkyl or cyclic N) is 1. The molecule has 2 aliphatic rings. The van der Waals surface area contributed by atoms with Gasteiger partial charge in [-0.1, -0.05) is 30.3 Å². The number of rotatable bonds is 5. The van der Waals surface area contributed by atoms with Gasteiger partial charge in [0, 0.05) is 38.3 Å². The summed E-state index contributed by atoms with van der Waals surface area (Å²) in [5.41, 5.74) is 7.38. The molecule has 2 fully saturated rings. The van der Waals surface area contributed by atoms with Crippen molar-refractivity contribution < 1.29 is 5.11 Å². The molecular formula is C17H27N3O. The zero-order valence-electron chi connectivity index (χ0n) is 12.7. The van der Waals surface area contributed by atoms with Crippen LogP contribution in [0.1, 0.15) is 18.4 Å². The van der Waals surface area contributed by atoms with Gasteiger partial charge in [0.05, 0.1) is 6.10 Å². The number of nitrogens with two attached hydrogens (primary N) is 1. The van der Waals surface area contributed by atoms with Crippen LogP contribution in [0.2, 0.25) is 0 Å². The van der Waals surface area contributed by atoms with Gasteiger partial charge < -0.3 is 10.8 Å². The fourth-order valence-electron chi connectivity index (χ4n) is 3.64. The van der Waals surface area contributed by atoms with E-state index in [0.29, 0.717) is 12.6 Å². The van der Waals surface area contributed by atoms with Crippen molar-refractivity contribution in [2.45, 2.75) is 37.5 Å². The predicted molar refractivity (Wildman–Crippen MR) is 85.2 cm³/mol. The number of aliphatic hydroxyl groups excluding tert-OH is 1. The maximum atomic E-state index is 10.4. The molecule has 0 radical (unpaired) electrons. The quantitative estimate of drug-likeness (QED) is 0.838. The van der Waals surface area contributed by atoms with Gasteiger partial charge in [-0.3, -0.25) is 9.80 Å². The molecule has 2 saturated heterocycles. The van der Waals surface area contributed by atoms with Gasteiger partial charge in [-0.15, -0.1) is 0 Å². The highest BCUT2D eigenvalue weighted by Crippen LogP contribution is 2.21. The molecule has 1 aromatic carbocycles. The zero-order chi connectivity index (χ0) is 14.7. The third-order valence-electron chi connectivity index (χ3n) is 4.93. The number of hydrogen-bond donors (Lipinski definition) is 2. The third-order valence-corrected chi connectivity index (χ3v) is 4.93. The molecule has 3 N–H and O–H groups in total. The molecule has 21 heavy (non-hydrogen) atoms. The van der Waals surface area contributed by atoms with E-state index >= 15 is 0 Å². The zero-order valence-corrected chi connectivity index (χ0v) is 12.7. The van der Waals surface area contributed by atoms with Crippen molar-refractivity contribution in [1.82, 2.24) is 9.80 Å². The minimum atomic E-state index is -0.446. The molecule has 0 amide bonds. The van der Waals surface area contributed by atoms with Crippen LogP contribution in [0.5, 0.6) is 0 Å². The minimum absolute atomic E-state index is 0.186. The summed E-state index contributed by atoms with van der Waals surface area (Å²) < 4.78 is 0. The normalized spacial score (nSPS) is 26.5. The molecule has 116 valence electrons. The maximum Gasteiger partial charge on any atom is 0.0820 e. The van der Waals surface area contributed by atoms with Gasteiger partial charge in [0.1, 0.15) is 0 Å². The van der Waals surface area contributed by atoms with Gasteiger partial charge in [-0.05, 0) is 31.4 Å². The van der Waals surface area contributed by atoms with Gasteiger partial charge in [0.2, 0.25) is 0 Å². The molecule has 2 aliphatic heterocycles. The number of benzene rings is 1. The second-order valence-corrected chi connectivity index (χ2v) is 6.51. The molecule has 0 spiro atoms. The first-order valence-electron chi connectivity index (χ1n) is 8.16. The van der Waals surface area contributed by atoms with Crippen LogP contribution in [0.25, 0.3) is 0 Å². The number of fused-ring (bicyclic) bond motifs is 1. The molecule has 0 saturated carbocycles. The summed E-state index contributed by atoms with van der Waals surface area (Å²) in [6.07, 6.45) is 2.93. The predicted octanol–water partition coefficient (Wildman–Crippen LogP) is 0.697. The van der Waals surface area contributed by atoms with Crippen LogP contribution >= 0.6 is 0 Å². The van der Waals surface area contributed by atoms with Crippen molar-refractivity contribution >= 4 is 0 Å². The number of piperazine rings is 1. The smallest absolute Gasteiger partial charge is 0.0820 e. The van der Waals surface area contributed by atoms with E-state index in [0.717, 1.165) is 26.1 Å². The molecule has 1 aromatic rings. The summed E-state index contributed by atoms with van der Waals surface area (Å²) in [7, 11) is 0. The Morgan fingerprint density at radius 3 is 2.81 bits per heavy atom. The Hall–Kier alpha value is -0.940. The van der Waals surface area contributed by atoms with Gasteiger partial charge in [0.25, 0.3) is 0 Å². The van der Waals surface area contributed by atoms with Crippen LogP contribution in [-0.4, -0.2) is 65.8 Å². The summed E-state index contributed by atoms with van der Waals surface area (Å²) in [6, 6.07) is 10.7. The van der Waals surface area contributed by atoms with E-state index in [1.807, 2.05) is 18.2 Å². The molecule has 3 atom stereocenters. The van der Waals surface area contributed by atoms with Gasteiger partial charge in [0.15, 0.2) is 0 Å². The Morgan fingerprint density at radius 2 is 2.00 bits per heavy atom. The summed E-state index contributed by atoms with van der Waals surface area (Å²) in [6.45, 7) is 5.26. The minimum Gasteiger partial charge on any atom is -0.390 e. The number of aliphatic hydroxyl groups is 1. The lowest BCUT2D eigenvalue weighted by Crippen LogP contribution is -2.54. The highest BCUT2D eigenvalue weighted by Gasteiger charge is 2.31. The Labute approximate surface area is 127 Å². The molecule has 0 aromatic heterocycles. The number of nitrogens with zero attached hydrogens (tertiary/aromatic N) is 2. The third kappa shape index (κ3) is 3.83. The van der Waals surface area contributed by atoms with Crippen LogP contribution < -0.4 is 5.73 Å². The van der Waals surface area contributed by atoms with E-state index in [4.69, 9.17) is 5.73 Å². The molecule has 0 bridgehead atoms. The SMILES string of the molecule is NC(Cc1ccccc1)C(O)CN1CCN2CCCC2C1. The second-order valence-electron chi connectivity index (χ2n) is 6.51. The number of hydrogen-bond acceptors (Lipinski definition) is 4. The van der Waals surface area contributed by atoms with E-state index in [2.05, 4.69) is 21.9 Å². The first-order chi connectivity index (χ1) is 10.2. The van der Waals surface area contributed by atoms with E-state index < -0.39 is 6.10 Å². The first kappa shape index (κ1) is 15.0. The monoisotopic (exact) mass is 289 g/mol. The van der Waals surface area contributed by atoms with Crippen molar-refractivity contribution in [2.75, 3.05) is 32.7 Å². The van der Waals surface area contributed by atoms with E-state index in [1.165, 1.54) is 24.9 Å². The Balaban J connectivity index is 1.48. The Kier molecular flexibility index (Phi) is 4.91. The largest absolute Gasteiger partial charge is 0.390 e. The highest BCUT2D eigenvalue weighted by molar-refractivity contribution is 5.16. The average molecular weight is 289 g/mol. The second kappa shape index (κ2) is 6.88. The van der Waals surface area contributed by atoms with E-state index in [9.17, 15) is 5.11 Å². The fraction of sp³-hybridized carbons (Fsp3) is 0.647. The summed E-state index contributed by atoms with van der Waals surface area (Å²) in [5, 5.41) is 10.4. The summed E-state index contributed by atoms with van der Waals surface area (Å²) in [5.74, 6) is 0. The topological polar surface area (TPSA) is 52.7 Å². The molecule has 4 nitrogen and oxygen atoms in total. The van der Waals surface area contributed by atoms with Crippen LogP contribution in [0, 0.1) is 0 Å². The first-order valence-corrected chi connectivity index (χ1v) is 8.16. The summed E-state index contributed by atoms with van der Waals surface area (Å²) >= 11 is 0. The van der Waals surface area contributed by atoms with E-state index in [1.54, 1.807) is 0 Å². The van der Waals surface area contributed by atoms with Crippen LogP contribution in [-0.2, 0) is 6.42 Å². The van der Waals surface area contributed by atoms with Gasteiger partial charge >= 0.3 is 0 Å². The summed E-state index contributed by atoms with van der Waals surface area (Å²) in [4.78, 5) is 4.98. The molecule has 2 heterocycles. The average Bonchev–Trinajstić information content (AvgIpc) is 2.95. The van der Waals surface area contributed by atoms with Crippen LogP contribution in [0.15, 0.2) is 30.3 Å². The van der Waals surface area contributed by atoms with Crippen molar-refractivity contribution in [3.63, 3.8) is 0 Å². The lowest BCUT2D eigenvalue weighted by Gasteiger charge is -2.38. The van der Waals surface area contributed by atoms with E-state index in [-0.39, 0.29) is 6.04 Å². The van der Waals surface area contributed by atoms with Crippen molar-refractivity contribution in [2.24, 2.45) is 5.73 Å². The molecule has 3 rings (SSSR count). The van der Waals surface area contributed by atoms with Crippen LogP contribution in [0.3, 0.4) is 0 Å². The highest BCUT2D eigenvalue weighted by atomic mass is 16.3. The molecular weight excluding hydrogens is 262 g/mol. The van der Waals surface area contributed by atoms with Gasteiger partial charge in [-0.2, -0.15) is 0 Å². The standard InChI is InChI=1S/C17H27N3O/c18-16(11-14-5-2-1-3-6-14)17(21)13-19-9-10-20-8-4-7-15(20)12-19/h1-3,5-6,15-17,21H,4,7-13,18H2. The Bertz CT molecular complexity index is 439. The van der Waals surface area contributed by atoms with Crippen molar-refractivity contribution in [1.29, 1.82) is 0 Å². The van der Waals surface area contributed by atoms with Crippen molar-refractivity contribution in [3.05, 3.63) is 35.9 Å². The molecule has 0 aliphatic carbocycles.